The second kappa shape index (κ2) is 6.27. The molecule has 3 aromatic rings. The first-order chi connectivity index (χ1) is 11.7. The third-order valence-electron chi connectivity index (χ3n) is 4.22. The summed E-state index contributed by atoms with van der Waals surface area (Å²) in [4.78, 5) is 12.2. The van der Waals surface area contributed by atoms with E-state index < -0.39 is 0 Å². The molecule has 1 unspecified atom stereocenters. The van der Waals surface area contributed by atoms with Gasteiger partial charge in [0.25, 0.3) is 0 Å². The molecule has 1 aliphatic rings. The van der Waals surface area contributed by atoms with Gasteiger partial charge in [0, 0.05) is 0 Å². The van der Waals surface area contributed by atoms with Gasteiger partial charge in [-0.2, -0.15) is 0 Å². The maximum absolute atomic E-state index is 12.2. The Bertz CT molecular complexity index is 939. The molecule has 24 heavy (non-hydrogen) atoms. The maximum atomic E-state index is 12.2. The van der Waals surface area contributed by atoms with Gasteiger partial charge in [-0.1, -0.05) is 0 Å². The Hall–Kier alpha value is -2.35. The summed E-state index contributed by atoms with van der Waals surface area (Å²) in [5.41, 5.74) is 1.84. The molecule has 1 atom stereocenters. The minimum absolute atomic E-state index is 0.0686. The van der Waals surface area contributed by atoms with E-state index >= 15 is 0 Å². The van der Waals surface area contributed by atoms with Crippen molar-refractivity contribution in [3.63, 3.8) is 0 Å². The van der Waals surface area contributed by atoms with Crippen LogP contribution in [0.4, 0.5) is 0 Å². The van der Waals surface area contributed by atoms with E-state index in [1.807, 2.05) is 43.3 Å². The third kappa shape index (κ3) is 2.66. The monoisotopic (exact) mass is 380 g/mol. The number of hydrogen-bond acceptors (Lipinski definition) is 2. The number of carbonyl (C=O) groups excluding carboxylic acids is 1. The molecule has 118 valence electrons. The fourth-order valence-corrected chi connectivity index (χ4v) is 5.21. The molecule has 3 heteroatoms. The zero-order valence-corrected chi connectivity index (χ0v) is 14.9. The Balaban J connectivity index is 1.80. The zero-order chi connectivity index (χ0) is 16.5. The van der Waals surface area contributed by atoms with Crippen LogP contribution in [0.5, 0.6) is 0 Å². The molecular weight excluding hydrogens is 363 g/mol. The van der Waals surface area contributed by atoms with Gasteiger partial charge in [-0.05, 0) is 0 Å². The normalized spacial score (nSPS) is 17.4. The molecule has 0 saturated carbocycles. The number of cyclic esters (lactones) is 1. The molecule has 3 aromatic carbocycles. The quantitative estimate of drug-likeness (QED) is 0.512. The standard InChI is InChI=1S/C21H16O2Se/c1-14-20(24-16-10-3-2-4-11-16)19(23-21(14)22)18-13-7-9-15-8-5-6-12-17(15)18/h2-13,19H,1H3. The van der Waals surface area contributed by atoms with Crippen LogP contribution in [0.3, 0.4) is 0 Å². The van der Waals surface area contributed by atoms with Gasteiger partial charge in [0.1, 0.15) is 0 Å². The van der Waals surface area contributed by atoms with Gasteiger partial charge < -0.3 is 0 Å². The Morgan fingerprint density at radius 3 is 2.42 bits per heavy atom. The van der Waals surface area contributed by atoms with Gasteiger partial charge in [0.05, 0.1) is 0 Å². The fraction of sp³-hybridized carbons (Fsp3) is 0.0952. The van der Waals surface area contributed by atoms with Crippen LogP contribution in [-0.2, 0) is 9.53 Å². The van der Waals surface area contributed by atoms with Crippen LogP contribution in [-0.4, -0.2) is 20.9 Å². The van der Waals surface area contributed by atoms with Crippen molar-refractivity contribution in [3.8, 4) is 0 Å². The summed E-state index contributed by atoms with van der Waals surface area (Å²) in [5, 5.41) is 2.32. The Morgan fingerprint density at radius 2 is 1.58 bits per heavy atom. The van der Waals surface area contributed by atoms with E-state index in [0.717, 1.165) is 21.0 Å². The van der Waals surface area contributed by atoms with E-state index in [0.29, 0.717) is 0 Å². The zero-order valence-electron chi connectivity index (χ0n) is 13.2. The van der Waals surface area contributed by atoms with Gasteiger partial charge in [-0.25, -0.2) is 0 Å². The van der Waals surface area contributed by atoms with E-state index in [-0.39, 0.29) is 27.0 Å². The molecule has 0 saturated heterocycles. The van der Waals surface area contributed by atoms with Crippen molar-refractivity contribution in [1.29, 1.82) is 0 Å². The van der Waals surface area contributed by atoms with E-state index in [1.165, 1.54) is 9.85 Å². The van der Waals surface area contributed by atoms with Gasteiger partial charge in [0.15, 0.2) is 0 Å². The first kappa shape index (κ1) is 15.2. The van der Waals surface area contributed by atoms with Crippen LogP contribution >= 0.6 is 0 Å². The molecule has 1 heterocycles. The molecule has 0 fully saturated rings. The molecule has 2 nitrogen and oxygen atoms in total. The van der Waals surface area contributed by atoms with Gasteiger partial charge in [-0.15, -0.1) is 0 Å². The molecule has 1 aliphatic heterocycles. The predicted octanol–water partition coefficient (Wildman–Crippen LogP) is 3.74. The van der Waals surface area contributed by atoms with Crippen molar-refractivity contribution in [2.45, 2.75) is 13.0 Å². The van der Waals surface area contributed by atoms with Crippen molar-refractivity contribution in [2.75, 3.05) is 0 Å². The molecule has 0 aromatic heterocycles. The third-order valence-corrected chi connectivity index (χ3v) is 6.83. The Labute approximate surface area is 147 Å². The van der Waals surface area contributed by atoms with Crippen molar-refractivity contribution >= 4 is 36.2 Å². The summed E-state index contributed by atoms with van der Waals surface area (Å²) in [6.07, 6.45) is -0.274. The van der Waals surface area contributed by atoms with Gasteiger partial charge >= 0.3 is 147 Å². The average Bonchev–Trinajstić information content (AvgIpc) is 2.90. The number of rotatable bonds is 3. The molecule has 0 radical (unpaired) electrons. The van der Waals surface area contributed by atoms with Crippen molar-refractivity contribution in [1.82, 2.24) is 0 Å². The van der Waals surface area contributed by atoms with Crippen LogP contribution in [0.25, 0.3) is 10.8 Å². The Kier molecular flexibility index (Phi) is 3.97. The van der Waals surface area contributed by atoms with Gasteiger partial charge in [-0.3, -0.25) is 0 Å². The van der Waals surface area contributed by atoms with Crippen molar-refractivity contribution < 1.29 is 9.53 Å². The SMILES string of the molecule is CC1=C([Se]c2ccccc2)C(c2cccc3ccccc23)OC1=O. The molecule has 0 bridgehead atoms. The summed E-state index contributed by atoms with van der Waals surface area (Å²) in [6, 6.07) is 24.8. The molecule has 0 spiro atoms. The summed E-state index contributed by atoms with van der Waals surface area (Å²) < 4.78 is 8.13. The van der Waals surface area contributed by atoms with Crippen LogP contribution in [0.2, 0.25) is 0 Å². The van der Waals surface area contributed by atoms with Crippen LogP contribution in [0, 0.1) is 0 Å². The number of hydrogen-bond donors (Lipinski definition) is 0. The van der Waals surface area contributed by atoms with Gasteiger partial charge in [0.2, 0.25) is 0 Å². The van der Waals surface area contributed by atoms with E-state index in [9.17, 15) is 4.79 Å². The molecular formula is C21H16O2Se. The predicted molar refractivity (Wildman–Crippen MR) is 97.3 cm³/mol. The van der Waals surface area contributed by atoms with Crippen LogP contribution in [0.1, 0.15) is 18.6 Å². The van der Waals surface area contributed by atoms with E-state index in [2.05, 4.69) is 36.4 Å². The number of fused-ring (bicyclic) bond motifs is 1. The second-order valence-electron chi connectivity index (χ2n) is 5.76. The second-order valence-corrected chi connectivity index (χ2v) is 8.10. The fourth-order valence-electron chi connectivity index (χ4n) is 2.98. The number of benzene rings is 3. The van der Waals surface area contributed by atoms with Crippen LogP contribution < -0.4 is 4.46 Å². The number of carbonyl (C=O) groups is 1. The van der Waals surface area contributed by atoms with E-state index in [1.54, 1.807) is 0 Å². The Morgan fingerprint density at radius 1 is 0.875 bits per heavy atom. The first-order valence-electron chi connectivity index (χ1n) is 7.86. The van der Waals surface area contributed by atoms with Crippen molar-refractivity contribution in [3.05, 3.63) is 88.4 Å². The molecule has 0 amide bonds. The number of esters is 1. The van der Waals surface area contributed by atoms with Crippen molar-refractivity contribution in [2.24, 2.45) is 0 Å². The molecule has 0 aliphatic carbocycles. The molecule has 0 N–H and O–H groups in total. The molecule has 4 rings (SSSR count). The first-order valence-corrected chi connectivity index (χ1v) is 9.57. The topological polar surface area (TPSA) is 26.3 Å². The summed E-state index contributed by atoms with van der Waals surface area (Å²) >= 11 is 0.0686. The average molecular weight is 379 g/mol. The number of ether oxygens (including phenoxy) is 1. The summed E-state index contributed by atoms with van der Waals surface area (Å²) in [5.74, 6) is -0.194. The minimum atomic E-state index is -0.274. The summed E-state index contributed by atoms with van der Waals surface area (Å²) in [6.45, 7) is 1.88. The summed E-state index contributed by atoms with van der Waals surface area (Å²) in [7, 11) is 0. The van der Waals surface area contributed by atoms with Crippen LogP contribution in [0.15, 0.2) is 82.8 Å². The van der Waals surface area contributed by atoms with E-state index in [4.69, 9.17) is 4.74 Å².